The van der Waals surface area contributed by atoms with E-state index in [2.05, 4.69) is 0 Å². The number of hydrogen-bond donors (Lipinski definition) is 2. The lowest BCUT2D eigenvalue weighted by Crippen LogP contribution is -1.96. The maximum absolute atomic E-state index is 13.1. The van der Waals surface area contributed by atoms with Gasteiger partial charge in [0.15, 0.2) is 0 Å². The fraction of sp³-hybridized carbons (Fsp3) is 0.0714. The molecule has 0 saturated carbocycles. The third-order valence-corrected chi connectivity index (χ3v) is 4.04. The molecule has 0 aliphatic rings. The van der Waals surface area contributed by atoms with E-state index >= 15 is 0 Å². The van der Waals surface area contributed by atoms with Crippen molar-refractivity contribution in [2.24, 2.45) is 0 Å². The summed E-state index contributed by atoms with van der Waals surface area (Å²) >= 11 is 1.30. The SMILES string of the molecule is O=C(O)c1ccc(C(O)c2cc3cc(F)ccc3s2)o1. The van der Waals surface area contributed by atoms with Crippen LogP contribution in [0.1, 0.15) is 27.3 Å². The molecule has 6 heteroatoms. The lowest BCUT2D eigenvalue weighted by molar-refractivity contribution is 0.0655. The average Bonchev–Trinajstić information content (AvgIpc) is 3.03. The van der Waals surface area contributed by atoms with Crippen LogP contribution >= 0.6 is 11.3 Å². The second-order valence-electron chi connectivity index (χ2n) is 4.24. The summed E-state index contributed by atoms with van der Waals surface area (Å²) in [5.41, 5.74) is 0. The molecule has 1 aromatic carbocycles. The molecule has 0 saturated heterocycles. The number of carbonyl (C=O) groups is 1. The highest BCUT2D eigenvalue weighted by Gasteiger charge is 2.19. The number of aliphatic hydroxyl groups excluding tert-OH is 1. The van der Waals surface area contributed by atoms with Crippen molar-refractivity contribution in [1.82, 2.24) is 0 Å². The van der Waals surface area contributed by atoms with Crippen LogP contribution in [-0.4, -0.2) is 16.2 Å². The zero-order valence-electron chi connectivity index (χ0n) is 10.0. The first-order chi connectivity index (χ1) is 9.54. The molecule has 4 nitrogen and oxygen atoms in total. The van der Waals surface area contributed by atoms with Gasteiger partial charge in [-0.3, -0.25) is 0 Å². The van der Waals surface area contributed by atoms with E-state index in [0.717, 1.165) is 4.70 Å². The topological polar surface area (TPSA) is 70.7 Å². The quantitative estimate of drug-likeness (QED) is 0.776. The lowest BCUT2D eigenvalue weighted by atomic mass is 10.2. The van der Waals surface area contributed by atoms with Crippen LogP contribution in [0.15, 0.2) is 40.8 Å². The Labute approximate surface area is 116 Å². The molecule has 0 radical (unpaired) electrons. The largest absolute Gasteiger partial charge is 0.475 e. The Bertz CT molecular complexity index is 789. The summed E-state index contributed by atoms with van der Waals surface area (Å²) in [5.74, 6) is -1.62. The molecule has 2 heterocycles. The van der Waals surface area contributed by atoms with Gasteiger partial charge in [0.05, 0.1) is 0 Å². The van der Waals surface area contributed by atoms with Gasteiger partial charge in [-0.15, -0.1) is 11.3 Å². The van der Waals surface area contributed by atoms with Crippen LogP contribution in [0.4, 0.5) is 4.39 Å². The van der Waals surface area contributed by atoms with E-state index in [1.165, 1.54) is 35.6 Å². The minimum atomic E-state index is -1.19. The first kappa shape index (κ1) is 12.8. The Morgan fingerprint density at radius 2 is 2.05 bits per heavy atom. The zero-order valence-corrected chi connectivity index (χ0v) is 10.9. The van der Waals surface area contributed by atoms with Crippen LogP contribution in [-0.2, 0) is 0 Å². The van der Waals surface area contributed by atoms with E-state index in [1.54, 1.807) is 12.1 Å². The average molecular weight is 292 g/mol. The van der Waals surface area contributed by atoms with Crippen LogP contribution in [0, 0.1) is 5.82 Å². The maximum Gasteiger partial charge on any atom is 0.371 e. The third kappa shape index (κ3) is 2.19. The molecule has 20 heavy (non-hydrogen) atoms. The number of carboxylic acids is 1. The molecule has 2 aromatic heterocycles. The van der Waals surface area contributed by atoms with Crippen LogP contribution in [0.25, 0.3) is 10.1 Å². The number of thiophene rings is 1. The van der Waals surface area contributed by atoms with Gasteiger partial charge in [0.2, 0.25) is 5.76 Å². The molecule has 0 amide bonds. The van der Waals surface area contributed by atoms with Gasteiger partial charge in [-0.25, -0.2) is 9.18 Å². The highest BCUT2D eigenvalue weighted by molar-refractivity contribution is 7.19. The smallest absolute Gasteiger partial charge is 0.371 e. The van der Waals surface area contributed by atoms with E-state index in [1.807, 2.05) is 0 Å². The molecule has 3 aromatic rings. The summed E-state index contributed by atoms with van der Waals surface area (Å²) < 4.78 is 19.0. The first-order valence-corrected chi connectivity index (χ1v) is 6.56. The zero-order chi connectivity index (χ0) is 14.3. The molecule has 0 aliphatic carbocycles. The minimum absolute atomic E-state index is 0.148. The van der Waals surface area contributed by atoms with Crippen LogP contribution in [0.3, 0.4) is 0 Å². The number of aliphatic hydroxyl groups is 1. The summed E-state index contributed by atoms with van der Waals surface area (Å²) in [4.78, 5) is 11.3. The summed E-state index contributed by atoms with van der Waals surface area (Å²) in [6.45, 7) is 0. The van der Waals surface area contributed by atoms with Crippen LogP contribution < -0.4 is 0 Å². The molecule has 102 valence electrons. The van der Waals surface area contributed by atoms with Crippen molar-refractivity contribution in [3.63, 3.8) is 0 Å². The van der Waals surface area contributed by atoms with Crippen molar-refractivity contribution in [2.45, 2.75) is 6.10 Å². The van der Waals surface area contributed by atoms with E-state index in [9.17, 15) is 14.3 Å². The number of halogens is 1. The van der Waals surface area contributed by atoms with Gasteiger partial charge in [-0.2, -0.15) is 0 Å². The number of rotatable bonds is 3. The summed E-state index contributed by atoms with van der Waals surface area (Å²) in [7, 11) is 0. The summed E-state index contributed by atoms with van der Waals surface area (Å²) in [6, 6.07) is 8.73. The predicted molar refractivity (Wildman–Crippen MR) is 71.5 cm³/mol. The molecule has 1 unspecified atom stereocenters. The maximum atomic E-state index is 13.1. The standard InChI is InChI=1S/C14H9FO4S/c15-8-1-4-11-7(5-8)6-12(20-11)13(16)9-2-3-10(19-9)14(17)18/h1-6,13,16H,(H,17,18). The first-order valence-electron chi connectivity index (χ1n) is 5.74. The van der Waals surface area contributed by atoms with E-state index in [0.29, 0.717) is 10.3 Å². The minimum Gasteiger partial charge on any atom is -0.475 e. The van der Waals surface area contributed by atoms with E-state index < -0.39 is 12.1 Å². The second kappa shape index (κ2) is 4.73. The fourth-order valence-corrected chi connectivity index (χ4v) is 2.96. The van der Waals surface area contributed by atoms with Crippen molar-refractivity contribution >= 4 is 27.4 Å². The van der Waals surface area contributed by atoms with E-state index in [4.69, 9.17) is 9.52 Å². The molecule has 1 atom stereocenters. The molecular formula is C14H9FO4S. The highest BCUT2D eigenvalue weighted by atomic mass is 32.1. The van der Waals surface area contributed by atoms with Gasteiger partial charge in [0.1, 0.15) is 17.7 Å². The number of fused-ring (bicyclic) bond motifs is 1. The molecule has 0 aliphatic heterocycles. The van der Waals surface area contributed by atoms with Gasteiger partial charge in [-0.05, 0) is 41.8 Å². The number of aromatic carboxylic acids is 1. The third-order valence-electron chi connectivity index (χ3n) is 2.87. The summed E-state index contributed by atoms with van der Waals surface area (Å²) in [6.07, 6.45) is -1.07. The molecule has 0 fully saturated rings. The molecular weight excluding hydrogens is 283 g/mol. The fourth-order valence-electron chi connectivity index (χ4n) is 1.92. The Morgan fingerprint density at radius 3 is 2.75 bits per heavy atom. The van der Waals surface area contributed by atoms with Gasteiger partial charge in [0, 0.05) is 9.58 Å². The number of benzene rings is 1. The van der Waals surface area contributed by atoms with Crippen molar-refractivity contribution in [3.8, 4) is 0 Å². The number of furan rings is 1. The molecule has 0 spiro atoms. The van der Waals surface area contributed by atoms with Gasteiger partial charge >= 0.3 is 5.97 Å². The molecule has 2 N–H and O–H groups in total. The van der Waals surface area contributed by atoms with Crippen LogP contribution in [0.2, 0.25) is 0 Å². The Kier molecular flexibility index (Phi) is 3.04. The normalized spacial score (nSPS) is 12.7. The van der Waals surface area contributed by atoms with Gasteiger partial charge in [-0.1, -0.05) is 0 Å². The Morgan fingerprint density at radius 1 is 1.25 bits per heavy atom. The van der Waals surface area contributed by atoms with Crippen molar-refractivity contribution in [3.05, 3.63) is 58.6 Å². The Balaban J connectivity index is 1.98. The Hall–Kier alpha value is -2.18. The van der Waals surface area contributed by atoms with Crippen molar-refractivity contribution in [2.75, 3.05) is 0 Å². The second-order valence-corrected chi connectivity index (χ2v) is 5.36. The number of carboxylic acid groups (broad SMARTS) is 1. The van der Waals surface area contributed by atoms with Crippen molar-refractivity contribution in [1.29, 1.82) is 0 Å². The van der Waals surface area contributed by atoms with Crippen molar-refractivity contribution < 1.29 is 23.8 Å². The molecule has 0 bridgehead atoms. The van der Waals surface area contributed by atoms with E-state index in [-0.39, 0.29) is 17.3 Å². The van der Waals surface area contributed by atoms with Gasteiger partial charge < -0.3 is 14.6 Å². The lowest BCUT2D eigenvalue weighted by Gasteiger charge is -2.03. The monoisotopic (exact) mass is 292 g/mol. The number of hydrogen-bond acceptors (Lipinski definition) is 4. The molecule has 3 rings (SSSR count). The van der Waals surface area contributed by atoms with Crippen LogP contribution in [0.5, 0.6) is 0 Å². The summed E-state index contributed by atoms with van der Waals surface area (Å²) in [5, 5.41) is 19.7. The predicted octanol–water partition coefficient (Wildman–Crippen LogP) is 3.41. The van der Waals surface area contributed by atoms with Gasteiger partial charge in [0.25, 0.3) is 0 Å². The highest BCUT2D eigenvalue weighted by Crippen LogP contribution is 2.34.